The summed E-state index contributed by atoms with van der Waals surface area (Å²) in [5.74, 6) is 0. The van der Waals surface area contributed by atoms with Crippen molar-refractivity contribution in [2.24, 2.45) is 0 Å². The highest BCUT2D eigenvalue weighted by molar-refractivity contribution is 7.11. The third-order valence-electron chi connectivity index (χ3n) is 2.42. The molecule has 4 heteroatoms. The van der Waals surface area contributed by atoms with E-state index in [-0.39, 0.29) is 11.6 Å². The van der Waals surface area contributed by atoms with Gasteiger partial charge in [-0.15, -0.1) is 11.3 Å². The van der Waals surface area contributed by atoms with Gasteiger partial charge in [-0.25, -0.2) is 0 Å². The van der Waals surface area contributed by atoms with Crippen LogP contribution in [0.2, 0.25) is 0 Å². The topological polar surface area (TPSA) is 30.5 Å². The van der Waals surface area contributed by atoms with E-state index in [4.69, 9.17) is 9.47 Å². The molecule has 0 saturated heterocycles. The van der Waals surface area contributed by atoms with Gasteiger partial charge >= 0.3 is 0 Å². The van der Waals surface area contributed by atoms with E-state index in [0.29, 0.717) is 13.2 Å². The molecule has 1 N–H and O–H groups in total. The molecule has 18 heavy (non-hydrogen) atoms. The van der Waals surface area contributed by atoms with Crippen LogP contribution in [0.15, 0.2) is 12.1 Å². The molecule has 1 rings (SSSR count). The van der Waals surface area contributed by atoms with E-state index < -0.39 is 0 Å². The van der Waals surface area contributed by atoms with Crippen LogP contribution in [0.1, 0.15) is 37.4 Å². The first-order chi connectivity index (χ1) is 8.40. The Kier molecular flexibility index (Phi) is 6.29. The van der Waals surface area contributed by atoms with E-state index in [2.05, 4.69) is 38.2 Å². The summed E-state index contributed by atoms with van der Waals surface area (Å²) >= 11 is 1.81. The van der Waals surface area contributed by atoms with Crippen LogP contribution in [0, 0.1) is 0 Å². The van der Waals surface area contributed by atoms with Crippen LogP contribution >= 0.6 is 11.3 Å². The average molecular weight is 271 g/mol. The molecule has 0 amide bonds. The summed E-state index contributed by atoms with van der Waals surface area (Å²) in [4.78, 5) is 2.62. The van der Waals surface area contributed by atoms with E-state index in [1.54, 1.807) is 18.4 Å². The van der Waals surface area contributed by atoms with E-state index in [0.717, 1.165) is 6.54 Å². The lowest BCUT2D eigenvalue weighted by Gasteiger charge is -2.19. The van der Waals surface area contributed by atoms with E-state index in [9.17, 15) is 0 Å². The van der Waals surface area contributed by atoms with Crippen LogP contribution < -0.4 is 5.32 Å². The first-order valence-electron chi connectivity index (χ1n) is 6.34. The lowest BCUT2D eigenvalue weighted by Crippen LogP contribution is -2.34. The van der Waals surface area contributed by atoms with Gasteiger partial charge in [0.25, 0.3) is 0 Å². The minimum atomic E-state index is 0.147. The minimum Gasteiger partial charge on any atom is -0.382 e. The second-order valence-corrected chi connectivity index (χ2v) is 6.80. The molecule has 0 aromatic carbocycles. The third kappa shape index (κ3) is 6.50. The quantitative estimate of drug-likeness (QED) is 0.826. The Morgan fingerprint density at radius 2 is 1.94 bits per heavy atom. The van der Waals surface area contributed by atoms with Crippen LogP contribution in [0.25, 0.3) is 0 Å². The molecule has 1 aromatic rings. The number of rotatable bonds is 7. The van der Waals surface area contributed by atoms with Crippen molar-refractivity contribution < 1.29 is 9.47 Å². The zero-order chi connectivity index (χ0) is 13.6. The van der Waals surface area contributed by atoms with Gasteiger partial charge < -0.3 is 14.8 Å². The van der Waals surface area contributed by atoms with Gasteiger partial charge in [0.05, 0.1) is 19.3 Å². The maximum Gasteiger partial charge on any atom is 0.0814 e. The molecule has 0 fully saturated rings. The van der Waals surface area contributed by atoms with Crippen molar-refractivity contribution in [1.82, 2.24) is 5.32 Å². The van der Waals surface area contributed by atoms with E-state index in [1.165, 1.54) is 9.75 Å². The van der Waals surface area contributed by atoms with Crippen molar-refractivity contribution in [3.8, 4) is 0 Å². The third-order valence-corrected chi connectivity index (χ3v) is 3.48. The molecule has 0 spiro atoms. The van der Waals surface area contributed by atoms with Crippen LogP contribution in [-0.4, -0.2) is 25.4 Å². The maximum atomic E-state index is 5.69. The summed E-state index contributed by atoms with van der Waals surface area (Å²) in [5.41, 5.74) is 0.160. The standard InChI is InChI=1S/C14H25NO2S/c1-11(9-16-5)17-10-13-7-6-12(18-13)8-15-14(2,3)4/h6-7,11,15H,8-10H2,1-5H3. The SMILES string of the molecule is COCC(C)OCc1ccc(CNC(C)(C)C)s1. The highest BCUT2D eigenvalue weighted by Gasteiger charge is 2.10. The van der Waals surface area contributed by atoms with Crippen molar-refractivity contribution in [3.05, 3.63) is 21.9 Å². The highest BCUT2D eigenvalue weighted by atomic mass is 32.1. The fourth-order valence-electron chi connectivity index (χ4n) is 1.45. The van der Waals surface area contributed by atoms with Crippen LogP contribution in [0.3, 0.4) is 0 Å². The highest BCUT2D eigenvalue weighted by Crippen LogP contribution is 2.18. The lowest BCUT2D eigenvalue weighted by molar-refractivity contribution is 0.000927. The number of methoxy groups -OCH3 is 1. The molecule has 0 radical (unpaired) electrons. The molecule has 0 aliphatic heterocycles. The van der Waals surface area contributed by atoms with E-state index in [1.807, 2.05) is 6.92 Å². The monoisotopic (exact) mass is 271 g/mol. The smallest absolute Gasteiger partial charge is 0.0814 e. The van der Waals surface area contributed by atoms with Crippen molar-refractivity contribution in [2.45, 2.75) is 52.5 Å². The Morgan fingerprint density at radius 3 is 2.56 bits per heavy atom. The molecule has 1 heterocycles. The van der Waals surface area contributed by atoms with Crippen LogP contribution in [0.5, 0.6) is 0 Å². The van der Waals surface area contributed by atoms with Crippen molar-refractivity contribution >= 4 is 11.3 Å². The van der Waals surface area contributed by atoms with Gasteiger partial charge in [0.2, 0.25) is 0 Å². The molecule has 104 valence electrons. The van der Waals surface area contributed by atoms with Crippen LogP contribution in [-0.2, 0) is 22.6 Å². The maximum absolute atomic E-state index is 5.69. The first-order valence-corrected chi connectivity index (χ1v) is 7.15. The summed E-state index contributed by atoms with van der Waals surface area (Å²) in [7, 11) is 1.70. The van der Waals surface area contributed by atoms with E-state index >= 15 is 0 Å². The Balaban J connectivity index is 2.34. The Bertz CT molecular complexity index is 344. The van der Waals surface area contributed by atoms with Gasteiger partial charge in [-0.1, -0.05) is 0 Å². The Morgan fingerprint density at radius 1 is 1.28 bits per heavy atom. The van der Waals surface area contributed by atoms with Gasteiger partial charge in [0.15, 0.2) is 0 Å². The van der Waals surface area contributed by atoms with Gasteiger partial charge in [0, 0.05) is 28.9 Å². The second-order valence-electron chi connectivity index (χ2n) is 5.55. The predicted octanol–water partition coefficient (Wildman–Crippen LogP) is 3.19. The molecular formula is C14H25NO2S. The van der Waals surface area contributed by atoms with Gasteiger partial charge in [-0.2, -0.15) is 0 Å². The Hall–Kier alpha value is -0.420. The molecule has 0 saturated carbocycles. The fourth-order valence-corrected chi connectivity index (χ4v) is 2.33. The fraction of sp³-hybridized carbons (Fsp3) is 0.714. The molecule has 0 aliphatic rings. The van der Waals surface area contributed by atoms with Crippen molar-refractivity contribution in [1.29, 1.82) is 0 Å². The van der Waals surface area contributed by atoms with Crippen molar-refractivity contribution in [2.75, 3.05) is 13.7 Å². The largest absolute Gasteiger partial charge is 0.382 e. The first kappa shape index (κ1) is 15.6. The molecule has 0 aliphatic carbocycles. The number of hydrogen-bond acceptors (Lipinski definition) is 4. The molecule has 3 nitrogen and oxygen atoms in total. The number of ether oxygens (including phenoxy) is 2. The summed E-state index contributed by atoms with van der Waals surface area (Å²) in [6.07, 6.45) is 0.147. The number of thiophene rings is 1. The summed E-state index contributed by atoms with van der Waals surface area (Å²) in [6, 6.07) is 4.31. The minimum absolute atomic E-state index is 0.147. The van der Waals surface area contributed by atoms with Gasteiger partial charge in [-0.3, -0.25) is 0 Å². The van der Waals surface area contributed by atoms with Crippen LogP contribution in [0.4, 0.5) is 0 Å². The molecule has 1 atom stereocenters. The summed E-state index contributed by atoms with van der Waals surface area (Å²) in [5, 5.41) is 3.49. The van der Waals surface area contributed by atoms with Gasteiger partial charge in [0.1, 0.15) is 0 Å². The number of nitrogens with one attached hydrogen (secondary N) is 1. The summed E-state index contributed by atoms with van der Waals surface area (Å²) in [6.45, 7) is 10.8. The molecular weight excluding hydrogens is 246 g/mol. The molecule has 0 bridgehead atoms. The summed E-state index contributed by atoms with van der Waals surface area (Å²) < 4.78 is 10.7. The predicted molar refractivity (Wildman–Crippen MR) is 77.0 cm³/mol. The average Bonchev–Trinajstić information content (AvgIpc) is 2.71. The molecule has 1 aromatic heterocycles. The second kappa shape index (κ2) is 7.24. The number of hydrogen-bond donors (Lipinski definition) is 1. The Labute approximate surface area is 114 Å². The molecule has 1 unspecified atom stereocenters. The van der Waals surface area contributed by atoms with Gasteiger partial charge in [-0.05, 0) is 39.8 Å². The van der Waals surface area contributed by atoms with Crippen molar-refractivity contribution in [3.63, 3.8) is 0 Å². The lowest BCUT2D eigenvalue weighted by atomic mass is 10.1. The zero-order valence-electron chi connectivity index (χ0n) is 12.1. The normalized spacial score (nSPS) is 13.8. The zero-order valence-corrected chi connectivity index (χ0v) is 12.9.